The molecule has 0 amide bonds. The number of benzene rings is 4. The predicted molar refractivity (Wildman–Crippen MR) is 205 cm³/mol. The zero-order chi connectivity index (χ0) is 32.7. The Labute approximate surface area is 283 Å². The summed E-state index contributed by atoms with van der Waals surface area (Å²) in [5.41, 5.74) is 22.8. The third-order valence-electron chi connectivity index (χ3n) is 9.17. The molecule has 0 saturated carbocycles. The van der Waals surface area contributed by atoms with Gasteiger partial charge in [-0.15, -0.1) is 0 Å². The number of nitrogens with two attached hydrogens (primary N) is 1. The van der Waals surface area contributed by atoms with Crippen molar-refractivity contribution in [3.05, 3.63) is 162 Å². The van der Waals surface area contributed by atoms with E-state index in [0.717, 1.165) is 89.4 Å². The van der Waals surface area contributed by atoms with Crippen LogP contribution in [0.1, 0.15) is 22.8 Å². The summed E-state index contributed by atoms with van der Waals surface area (Å²) in [4.78, 5) is 18.2. The van der Waals surface area contributed by atoms with Crippen LogP contribution < -0.4 is 5.73 Å². The fourth-order valence-corrected chi connectivity index (χ4v) is 6.94. The van der Waals surface area contributed by atoms with Gasteiger partial charge in [-0.3, -0.25) is 0 Å². The van der Waals surface area contributed by atoms with Crippen LogP contribution in [0.5, 0.6) is 0 Å². The molecule has 7 aromatic rings. The highest BCUT2D eigenvalue weighted by Crippen LogP contribution is 2.39. The van der Waals surface area contributed by atoms with Crippen molar-refractivity contribution in [1.82, 2.24) is 19.9 Å². The average molecular weight is 630 g/mol. The number of hydrogen-bond donors (Lipinski definition) is 3. The van der Waals surface area contributed by atoms with Crippen LogP contribution in [0.3, 0.4) is 0 Å². The second-order valence-electron chi connectivity index (χ2n) is 12.2. The molecule has 0 radical (unpaired) electrons. The Morgan fingerprint density at radius 1 is 0.347 bits per heavy atom. The number of fused-ring (bicyclic) bond motifs is 8. The molecule has 0 saturated heterocycles. The lowest BCUT2D eigenvalue weighted by Gasteiger charge is -2.08. The highest BCUT2D eigenvalue weighted by Gasteiger charge is 2.19. The fourth-order valence-electron chi connectivity index (χ4n) is 6.94. The predicted octanol–water partition coefficient (Wildman–Crippen LogP) is 10.9. The van der Waals surface area contributed by atoms with Gasteiger partial charge in [0, 0.05) is 55.6 Å². The van der Waals surface area contributed by atoms with Gasteiger partial charge in [-0.2, -0.15) is 0 Å². The van der Waals surface area contributed by atoms with Gasteiger partial charge >= 0.3 is 0 Å². The van der Waals surface area contributed by atoms with Crippen LogP contribution in [-0.2, 0) is 0 Å². The van der Waals surface area contributed by atoms with Crippen molar-refractivity contribution in [1.29, 1.82) is 0 Å². The Morgan fingerprint density at radius 3 is 1.06 bits per heavy atom. The summed E-state index contributed by atoms with van der Waals surface area (Å²) in [5, 5.41) is 0. The van der Waals surface area contributed by atoms with Crippen molar-refractivity contribution in [3.63, 3.8) is 0 Å². The molecule has 8 bridgehead atoms. The Balaban J connectivity index is 1.49. The lowest BCUT2D eigenvalue weighted by atomic mass is 10.0. The lowest BCUT2D eigenvalue weighted by molar-refractivity contribution is 1.31. The minimum absolute atomic E-state index is 0.687. The number of rotatable bonds is 4. The van der Waals surface area contributed by atoms with E-state index < -0.39 is 0 Å². The van der Waals surface area contributed by atoms with E-state index in [1.54, 1.807) is 0 Å². The summed E-state index contributed by atoms with van der Waals surface area (Å²) in [7, 11) is 0. The topological polar surface area (TPSA) is 83.4 Å². The third kappa shape index (κ3) is 5.05. The number of para-hydroxylation sites is 1. The van der Waals surface area contributed by atoms with Gasteiger partial charge in [0.1, 0.15) is 0 Å². The number of aromatic amines is 2. The molecule has 4 aromatic carbocycles. The first-order chi connectivity index (χ1) is 24.2. The number of anilines is 1. The van der Waals surface area contributed by atoms with E-state index in [-0.39, 0.29) is 0 Å². The molecule has 232 valence electrons. The number of hydrogen-bond acceptors (Lipinski definition) is 3. The van der Waals surface area contributed by atoms with Crippen LogP contribution in [-0.4, -0.2) is 19.9 Å². The van der Waals surface area contributed by atoms with Crippen molar-refractivity contribution < 1.29 is 0 Å². The standard InChI is InChI=1S/C44H31N5/c45-32-19-11-10-18-31(32)44-39-26-24-37(48-39)42(29-14-6-2-7-15-29)35-22-20-33(46-35)41(28-12-4-1-5-13-28)34-21-23-36(47-34)43(30-16-8-3-9-17-30)38-25-27-40(44)49-38/h1-27,46,49H,45H2. The van der Waals surface area contributed by atoms with Crippen molar-refractivity contribution in [2.24, 2.45) is 0 Å². The Morgan fingerprint density at radius 2 is 0.673 bits per heavy atom. The summed E-state index contributed by atoms with van der Waals surface area (Å²) < 4.78 is 0. The number of nitrogens with one attached hydrogen (secondary N) is 2. The van der Waals surface area contributed by atoms with Crippen LogP contribution in [0.2, 0.25) is 0 Å². The fraction of sp³-hybridized carbons (Fsp3) is 0. The average Bonchev–Trinajstić information content (AvgIpc) is 3.98. The molecule has 2 aliphatic heterocycles. The van der Waals surface area contributed by atoms with E-state index in [1.807, 2.05) is 36.4 Å². The van der Waals surface area contributed by atoms with E-state index in [2.05, 4.69) is 137 Å². The third-order valence-corrected chi connectivity index (χ3v) is 9.17. The maximum atomic E-state index is 6.66. The Hall–Kier alpha value is -6.72. The zero-order valence-electron chi connectivity index (χ0n) is 26.6. The van der Waals surface area contributed by atoms with Crippen molar-refractivity contribution >= 4 is 52.1 Å². The van der Waals surface area contributed by atoms with Crippen molar-refractivity contribution in [2.45, 2.75) is 0 Å². The van der Waals surface area contributed by atoms with Gasteiger partial charge in [0.25, 0.3) is 0 Å². The molecule has 49 heavy (non-hydrogen) atoms. The normalized spacial score (nSPS) is 12.0. The molecule has 0 atom stereocenters. The molecule has 5 nitrogen and oxygen atoms in total. The molecule has 5 heterocycles. The maximum absolute atomic E-state index is 6.66. The van der Waals surface area contributed by atoms with E-state index in [9.17, 15) is 0 Å². The molecule has 0 unspecified atom stereocenters. The first-order valence-corrected chi connectivity index (χ1v) is 16.4. The van der Waals surface area contributed by atoms with Crippen LogP contribution >= 0.6 is 0 Å². The molecular formula is C44H31N5. The van der Waals surface area contributed by atoms with E-state index in [4.69, 9.17) is 15.7 Å². The summed E-state index contributed by atoms with van der Waals surface area (Å²) in [6.45, 7) is 0. The molecule has 0 spiro atoms. The van der Waals surface area contributed by atoms with Gasteiger partial charge in [-0.05, 0) is 71.3 Å². The number of nitrogens with zero attached hydrogens (tertiary/aromatic N) is 2. The van der Waals surface area contributed by atoms with Gasteiger partial charge in [0.05, 0.1) is 22.8 Å². The van der Waals surface area contributed by atoms with Crippen LogP contribution in [0, 0.1) is 0 Å². The van der Waals surface area contributed by atoms with Crippen molar-refractivity contribution in [2.75, 3.05) is 5.73 Å². The van der Waals surface area contributed by atoms with Crippen LogP contribution in [0.25, 0.3) is 90.9 Å². The molecule has 0 fully saturated rings. The zero-order valence-corrected chi connectivity index (χ0v) is 26.6. The molecule has 0 aliphatic carbocycles. The second-order valence-corrected chi connectivity index (χ2v) is 12.2. The van der Waals surface area contributed by atoms with Gasteiger partial charge in [-0.1, -0.05) is 109 Å². The molecule has 5 heteroatoms. The Kier molecular flexibility index (Phi) is 6.87. The number of nitrogen functional groups attached to an aromatic ring is 1. The quantitative estimate of drug-likeness (QED) is 0.169. The minimum atomic E-state index is 0.687. The second kappa shape index (κ2) is 11.8. The number of H-pyrrole nitrogens is 2. The van der Waals surface area contributed by atoms with Gasteiger partial charge in [-0.25, -0.2) is 9.97 Å². The number of aromatic nitrogens is 4. The highest BCUT2D eigenvalue weighted by molar-refractivity contribution is 6.00. The first-order valence-electron chi connectivity index (χ1n) is 16.4. The van der Waals surface area contributed by atoms with E-state index >= 15 is 0 Å². The van der Waals surface area contributed by atoms with Gasteiger partial charge in [0.15, 0.2) is 0 Å². The summed E-state index contributed by atoms with van der Waals surface area (Å²) >= 11 is 0. The first kappa shape index (κ1) is 28.5. The SMILES string of the molecule is Nc1ccccc1-c1c2nc(c(-c3ccccc3)c3ccc([nH]3)c(-c3ccccc3)c3nc(c(-c4ccccc4)c4ccc1[nH]4)C=C3)C=C2. The monoisotopic (exact) mass is 629 g/mol. The van der Waals surface area contributed by atoms with Crippen LogP contribution in [0.4, 0.5) is 5.69 Å². The molecule has 3 aromatic heterocycles. The van der Waals surface area contributed by atoms with E-state index in [0.29, 0.717) is 5.69 Å². The summed E-state index contributed by atoms with van der Waals surface area (Å²) in [5.74, 6) is 0. The largest absolute Gasteiger partial charge is 0.398 e. The smallest absolute Gasteiger partial charge is 0.0738 e. The summed E-state index contributed by atoms with van der Waals surface area (Å²) in [6.07, 6.45) is 8.44. The van der Waals surface area contributed by atoms with Crippen LogP contribution in [0.15, 0.2) is 140 Å². The molecule has 2 aliphatic rings. The Bertz CT molecular complexity index is 2550. The lowest BCUT2D eigenvalue weighted by Crippen LogP contribution is -1.93. The maximum Gasteiger partial charge on any atom is 0.0738 e. The molecule has 4 N–H and O–H groups in total. The highest BCUT2D eigenvalue weighted by atomic mass is 14.8. The summed E-state index contributed by atoms with van der Waals surface area (Å²) in [6, 6.07) is 47.9. The van der Waals surface area contributed by atoms with Gasteiger partial charge in [0.2, 0.25) is 0 Å². The van der Waals surface area contributed by atoms with Gasteiger partial charge < -0.3 is 15.7 Å². The molecular weight excluding hydrogens is 599 g/mol. The minimum Gasteiger partial charge on any atom is -0.398 e. The van der Waals surface area contributed by atoms with Crippen molar-refractivity contribution in [3.8, 4) is 44.5 Å². The van der Waals surface area contributed by atoms with E-state index in [1.165, 1.54) is 0 Å². The molecule has 9 rings (SSSR count).